The fourth-order valence-electron chi connectivity index (χ4n) is 1.83. The molecule has 1 aromatic carbocycles. The molecule has 0 aromatic heterocycles. The number of likely N-dealkylation sites (N-methyl/N-ethyl adjacent to an activating group) is 1. The quantitative estimate of drug-likeness (QED) is 0.720. The van der Waals surface area contributed by atoms with Crippen LogP contribution in [0, 0.1) is 5.82 Å². The summed E-state index contributed by atoms with van der Waals surface area (Å²) >= 11 is 0. The number of carbonyl (C=O) groups is 1. The third-order valence-electron chi connectivity index (χ3n) is 3.00. The van der Waals surface area contributed by atoms with E-state index in [1.54, 1.807) is 17.0 Å². The van der Waals surface area contributed by atoms with Crippen molar-refractivity contribution in [1.82, 2.24) is 4.90 Å². The van der Waals surface area contributed by atoms with E-state index in [2.05, 4.69) is 12.4 Å². The van der Waals surface area contributed by atoms with E-state index in [9.17, 15) is 9.18 Å². The molecule has 1 fully saturated rings. The molecule has 1 aromatic rings. The van der Waals surface area contributed by atoms with Crippen LogP contribution in [0.25, 0.3) is 0 Å². The maximum Gasteiger partial charge on any atom is 0.322 e. The summed E-state index contributed by atoms with van der Waals surface area (Å²) in [6.45, 7) is 3.46. The van der Waals surface area contributed by atoms with Crippen LogP contribution in [-0.2, 0) is 0 Å². The summed E-state index contributed by atoms with van der Waals surface area (Å²) in [5.74, 6) is -0.300. The molecule has 2 rings (SSSR count). The Balaban J connectivity index is 1.90. The second kappa shape index (κ2) is 5.14. The van der Waals surface area contributed by atoms with Gasteiger partial charge in [0.2, 0.25) is 0 Å². The molecule has 1 aliphatic heterocycles. The molecule has 17 heavy (non-hydrogen) atoms. The van der Waals surface area contributed by atoms with E-state index >= 15 is 0 Å². The van der Waals surface area contributed by atoms with Crippen LogP contribution in [0.15, 0.2) is 24.3 Å². The van der Waals surface area contributed by atoms with Gasteiger partial charge in [-0.3, -0.25) is 0 Å². The van der Waals surface area contributed by atoms with Gasteiger partial charge in [0.1, 0.15) is 5.82 Å². The summed E-state index contributed by atoms with van der Waals surface area (Å²) < 4.78 is 12.7. The predicted octanol–water partition coefficient (Wildman–Crippen LogP) is 0.188. The molecule has 0 bridgehead atoms. The van der Waals surface area contributed by atoms with Crippen LogP contribution in [0.4, 0.5) is 14.9 Å². The van der Waals surface area contributed by atoms with Gasteiger partial charge in [0.15, 0.2) is 0 Å². The summed E-state index contributed by atoms with van der Waals surface area (Å²) in [6, 6.07) is 5.69. The Morgan fingerprint density at radius 2 is 1.88 bits per heavy atom. The van der Waals surface area contributed by atoms with Crippen molar-refractivity contribution in [3.63, 3.8) is 0 Å². The van der Waals surface area contributed by atoms with Crippen molar-refractivity contribution in [2.24, 2.45) is 0 Å². The topological polar surface area (TPSA) is 36.8 Å². The van der Waals surface area contributed by atoms with Crippen LogP contribution in [0.5, 0.6) is 0 Å². The maximum atomic E-state index is 12.7. The van der Waals surface area contributed by atoms with Crippen molar-refractivity contribution in [3.05, 3.63) is 30.1 Å². The van der Waals surface area contributed by atoms with E-state index in [0.29, 0.717) is 5.69 Å². The van der Waals surface area contributed by atoms with Gasteiger partial charge < -0.3 is 15.1 Å². The molecule has 0 aliphatic carbocycles. The Kier molecular flexibility index (Phi) is 3.58. The highest BCUT2D eigenvalue weighted by Gasteiger charge is 2.21. The third-order valence-corrected chi connectivity index (χ3v) is 3.00. The van der Waals surface area contributed by atoms with E-state index < -0.39 is 0 Å². The number of amides is 2. The van der Waals surface area contributed by atoms with Crippen molar-refractivity contribution in [3.8, 4) is 0 Å². The first-order valence-corrected chi connectivity index (χ1v) is 5.78. The van der Waals surface area contributed by atoms with Crippen LogP contribution < -0.4 is 10.2 Å². The van der Waals surface area contributed by atoms with Crippen molar-refractivity contribution in [2.45, 2.75) is 0 Å². The smallest absolute Gasteiger partial charge is 0.322 e. The monoisotopic (exact) mass is 238 g/mol. The molecule has 0 atom stereocenters. The lowest BCUT2D eigenvalue weighted by atomic mass is 10.3. The first kappa shape index (κ1) is 11.9. The number of anilines is 1. The zero-order chi connectivity index (χ0) is 12.3. The van der Waals surface area contributed by atoms with Gasteiger partial charge in [0.05, 0.1) is 33.2 Å². The van der Waals surface area contributed by atoms with E-state index in [-0.39, 0.29) is 11.8 Å². The van der Waals surface area contributed by atoms with Gasteiger partial charge in [-0.2, -0.15) is 0 Å². The number of nitrogens with zero attached hydrogens (tertiary/aromatic N) is 1. The molecule has 2 amide bonds. The Morgan fingerprint density at radius 1 is 1.29 bits per heavy atom. The van der Waals surface area contributed by atoms with Crippen molar-refractivity contribution >= 4 is 11.7 Å². The summed E-state index contributed by atoms with van der Waals surface area (Å²) in [5.41, 5.74) is 0.627. The number of benzene rings is 1. The molecular weight excluding hydrogens is 221 g/mol. The average Bonchev–Trinajstić information content (AvgIpc) is 2.33. The summed E-state index contributed by atoms with van der Waals surface area (Å²) in [4.78, 5) is 15.1. The highest BCUT2D eigenvalue weighted by Crippen LogP contribution is 2.09. The molecule has 4 nitrogen and oxygen atoms in total. The number of carbonyl (C=O) groups excluding carboxylic acids is 1. The summed E-state index contributed by atoms with van der Waals surface area (Å²) in [6.07, 6.45) is 0. The number of rotatable bonds is 1. The molecule has 0 saturated carbocycles. The molecule has 1 saturated heterocycles. The molecule has 0 unspecified atom stereocenters. The minimum atomic E-state index is -0.300. The van der Waals surface area contributed by atoms with Crippen LogP contribution in [0.3, 0.4) is 0 Å². The molecule has 5 heteroatoms. The molecule has 0 spiro atoms. The highest BCUT2D eigenvalue weighted by atomic mass is 19.1. The van der Waals surface area contributed by atoms with Crippen LogP contribution in [0.1, 0.15) is 0 Å². The molecule has 1 heterocycles. The van der Waals surface area contributed by atoms with Gasteiger partial charge in [-0.1, -0.05) is 0 Å². The number of piperazine rings is 1. The van der Waals surface area contributed by atoms with Gasteiger partial charge >= 0.3 is 6.03 Å². The van der Waals surface area contributed by atoms with Crippen LogP contribution in [-0.4, -0.2) is 44.2 Å². The first-order valence-electron chi connectivity index (χ1n) is 5.78. The predicted molar refractivity (Wildman–Crippen MR) is 63.6 cm³/mol. The van der Waals surface area contributed by atoms with Gasteiger partial charge in [-0.05, 0) is 24.3 Å². The van der Waals surface area contributed by atoms with Crippen molar-refractivity contribution in [2.75, 3.05) is 38.5 Å². The second-order valence-corrected chi connectivity index (χ2v) is 4.38. The summed E-state index contributed by atoms with van der Waals surface area (Å²) in [7, 11) is 2.12. The zero-order valence-electron chi connectivity index (χ0n) is 9.87. The van der Waals surface area contributed by atoms with Gasteiger partial charge in [0, 0.05) is 5.69 Å². The van der Waals surface area contributed by atoms with Gasteiger partial charge in [-0.25, -0.2) is 9.18 Å². The fourth-order valence-corrected chi connectivity index (χ4v) is 1.83. The molecule has 0 radical (unpaired) electrons. The Morgan fingerprint density at radius 3 is 2.47 bits per heavy atom. The van der Waals surface area contributed by atoms with E-state index in [1.165, 1.54) is 17.0 Å². The lowest BCUT2D eigenvalue weighted by Crippen LogP contribution is -3.12. The Hall–Kier alpha value is -1.62. The molecule has 2 N–H and O–H groups in total. The summed E-state index contributed by atoms with van der Waals surface area (Å²) in [5, 5.41) is 2.76. The molecule has 1 aliphatic rings. The first-order chi connectivity index (χ1) is 8.15. The highest BCUT2D eigenvalue weighted by molar-refractivity contribution is 5.89. The standard InChI is InChI=1S/C12H16FN3O/c1-15-6-8-16(9-7-15)12(17)14-11-4-2-10(13)3-5-11/h2-5H,6-9H2,1H3,(H,14,17)/p+1. The number of urea groups is 1. The van der Waals surface area contributed by atoms with Crippen molar-refractivity contribution < 1.29 is 14.1 Å². The normalized spacial score (nSPS) is 16.9. The minimum absolute atomic E-state index is 0.107. The minimum Gasteiger partial charge on any atom is -0.334 e. The lowest BCUT2D eigenvalue weighted by molar-refractivity contribution is -0.883. The SMILES string of the molecule is C[NH+]1CCN(C(=O)Nc2ccc(F)cc2)CC1. The van der Waals surface area contributed by atoms with Crippen molar-refractivity contribution in [1.29, 1.82) is 0 Å². The van der Waals surface area contributed by atoms with Crippen LogP contribution in [0.2, 0.25) is 0 Å². The Bertz CT molecular complexity index is 385. The van der Waals surface area contributed by atoms with E-state index in [4.69, 9.17) is 0 Å². The Labute approximate surface area is 100 Å². The zero-order valence-corrected chi connectivity index (χ0v) is 9.87. The number of nitrogens with one attached hydrogen (secondary N) is 2. The second-order valence-electron chi connectivity index (χ2n) is 4.38. The van der Waals surface area contributed by atoms with Crippen LogP contribution >= 0.6 is 0 Å². The van der Waals surface area contributed by atoms with E-state index in [1.807, 2.05) is 0 Å². The molecular formula is C12H17FN3O+. The number of hydrogen-bond donors (Lipinski definition) is 2. The van der Waals surface area contributed by atoms with Gasteiger partial charge in [0.25, 0.3) is 0 Å². The fraction of sp³-hybridized carbons (Fsp3) is 0.417. The largest absolute Gasteiger partial charge is 0.334 e. The van der Waals surface area contributed by atoms with E-state index in [0.717, 1.165) is 26.2 Å². The number of halogens is 1. The number of hydrogen-bond acceptors (Lipinski definition) is 1. The third kappa shape index (κ3) is 3.17. The lowest BCUT2D eigenvalue weighted by Gasteiger charge is -2.30. The molecule has 92 valence electrons. The maximum absolute atomic E-state index is 12.7. The number of quaternary nitrogens is 1. The van der Waals surface area contributed by atoms with Gasteiger partial charge in [-0.15, -0.1) is 0 Å². The average molecular weight is 238 g/mol.